The summed E-state index contributed by atoms with van der Waals surface area (Å²) in [6, 6.07) is 13.3. The first kappa shape index (κ1) is 11.3. The van der Waals surface area contributed by atoms with E-state index >= 15 is 0 Å². The van der Waals surface area contributed by atoms with Gasteiger partial charge in [-0.2, -0.15) is 0 Å². The highest BCUT2D eigenvalue weighted by Gasteiger charge is 2.11. The van der Waals surface area contributed by atoms with Crippen LogP contribution in [0.5, 0.6) is 0 Å². The third-order valence-electron chi connectivity index (χ3n) is 2.88. The van der Waals surface area contributed by atoms with E-state index in [1.165, 1.54) is 0 Å². The quantitative estimate of drug-likeness (QED) is 0.767. The number of fused-ring (bicyclic) bond motifs is 1. The van der Waals surface area contributed by atoms with Gasteiger partial charge in [0, 0.05) is 16.8 Å². The van der Waals surface area contributed by atoms with E-state index in [0.29, 0.717) is 10.7 Å². The van der Waals surface area contributed by atoms with Gasteiger partial charge < -0.3 is 5.11 Å². The summed E-state index contributed by atoms with van der Waals surface area (Å²) in [7, 11) is 0. The van der Waals surface area contributed by atoms with Crippen LogP contribution in [0.3, 0.4) is 0 Å². The topological polar surface area (TPSA) is 37.5 Å². The number of hydrogen-bond donors (Lipinski definition) is 1. The maximum atomic E-state index is 9.34. The highest BCUT2D eigenvalue weighted by atomic mass is 35.5. The molecule has 0 aliphatic heterocycles. The molecule has 2 heterocycles. The molecule has 0 aliphatic carbocycles. The Hall–Kier alpha value is -1.84. The van der Waals surface area contributed by atoms with Crippen molar-refractivity contribution in [1.82, 2.24) is 9.38 Å². The Morgan fingerprint density at radius 2 is 1.89 bits per heavy atom. The Labute approximate surface area is 109 Å². The van der Waals surface area contributed by atoms with Crippen LogP contribution in [0.1, 0.15) is 5.69 Å². The number of aromatic nitrogens is 2. The number of aliphatic hydroxyl groups is 1. The largest absolute Gasteiger partial charge is 0.390 e. The Kier molecular flexibility index (Phi) is 2.78. The van der Waals surface area contributed by atoms with Gasteiger partial charge in [-0.05, 0) is 36.4 Å². The number of imidazole rings is 1. The van der Waals surface area contributed by atoms with Crippen LogP contribution in [-0.4, -0.2) is 14.5 Å². The number of halogens is 1. The Balaban J connectivity index is 2.26. The van der Waals surface area contributed by atoms with E-state index in [-0.39, 0.29) is 6.61 Å². The SMILES string of the molecule is OCc1nc(-c2ccc(Cl)cc2)n2ccccc12. The van der Waals surface area contributed by atoms with Gasteiger partial charge in [0.05, 0.1) is 17.8 Å². The molecule has 90 valence electrons. The minimum Gasteiger partial charge on any atom is -0.390 e. The summed E-state index contributed by atoms with van der Waals surface area (Å²) >= 11 is 5.88. The van der Waals surface area contributed by atoms with E-state index in [2.05, 4.69) is 4.98 Å². The van der Waals surface area contributed by atoms with Crippen LogP contribution < -0.4 is 0 Å². The molecule has 0 aliphatic rings. The molecule has 18 heavy (non-hydrogen) atoms. The van der Waals surface area contributed by atoms with Gasteiger partial charge in [0.1, 0.15) is 5.82 Å². The van der Waals surface area contributed by atoms with Crippen molar-refractivity contribution in [3.05, 3.63) is 59.4 Å². The normalized spacial score (nSPS) is 11.0. The molecule has 0 radical (unpaired) electrons. The molecular weight excluding hydrogens is 248 g/mol. The van der Waals surface area contributed by atoms with Gasteiger partial charge in [0.2, 0.25) is 0 Å². The standard InChI is InChI=1S/C14H11ClN2O/c15-11-6-4-10(5-7-11)14-16-12(9-18)13-3-1-2-8-17(13)14/h1-8,18H,9H2. The molecule has 0 spiro atoms. The highest BCUT2D eigenvalue weighted by molar-refractivity contribution is 6.30. The zero-order valence-electron chi connectivity index (χ0n) is 9.55. The summed E-state index contributed by atoms with van der Waals surface area (Å²) < 4.78 is 1.97. The van der Waals surface area contributed by atoms with E-state index in [4.69, 9.17) is 11.6 Å². The lowest BCUT2D eigenvalue weighted by Crippen LogP contribution is -1.87. The summed E-state index contributed by atoms with van der Waals surface area (Å²) in [5.41, 5.74) is 2.57. The predicted octanol–water partition coefficient (Wildman–Crippen LogP) is 3.15. The van der Waals surface area contributed by atoms with Gasteiger partial charge in [-0.15, -0.1) is 0 Å². The molecule has 2 aromatic heterocycles. The van der Waals surface area contributed by atoms with E-state index in [1.807, 2.05) is 53.1 Å². The molecule has 1 N–H and O–H groups in total. The number of pyridine rings is 1. The molecular formula is C14H11ClN2O. The monoisotopic (exact) mass is 258 g/mol. The second kappa shape index (κ2) is 4.44. The Morgan fingerprint density at radius 3 is 2.61 bits per heavy atom. The number of nitrogens with zero attached hydrogens (tertiary/aromatic N) is 2. The fourth-order valence-corrected chi connectivity index (χ4v) is 2.15. The molecule has 0 amide bonds. The van der Waals surface area contributed by atoms with Crippen LogP contribution in [0, 0.1) is 0 Å². The first-order valence-electron chi connectivity index (χ1n) is 5.62. The van der Waals surface area contributed by atoms with E-state index in [0.717, 1.165) is 16.9 Å². The van der Waals surface area contributed by atoms with Crippen molar-refractivity contribution >= 4 is 17.1 Å². The average molecular weight is 259 g/mol. The second-order valence-electron chi connectivity index (χ2n) is 4.00. The summed E-state index contributed by atoms with van der Waals surface area (Å²) in [6.07, 6.45) is 1.94. The van der Waals surface area contributed by atoms with Crippen molar-refractivity contribution in [3.63, 3.8) is 0 Å². The summed E-state index contributed by atoms with van der Waals surface area (Å²) in [5.74, 6) is 0.811. The second-order valence-corrected chi connectivity index (χ2v) is 4.44. The number of rotatable bonds is 2. The summed E-state index contributed by atoms with van der Waals surface area (Å²) in [5, 5.41) is 10.0. The van der Waals surface area contributed by atoms with Gasteiger partial charge in [-0.1, -0.05) is 17.7 Å². The maximum Gasteiger partial charge on any atom is 0.144 e. The molecule has 3 rings (SSSR count). The third kappa shape index (κ3) is 1.78. The lowest BCUT2D eigenvalue weighted by Gasteiger charge is -2.00. The molecule has 3 aromatic rings. The number of aliphatic hydroxyl groups excluding tert-OH is 1. The molecule has 1 aromatic carbocycles. The molecule has 0 unspecified atom stereocenters. The number of hydrogen-bond acceptors (Lipinski definition) is 2. The average Bonchev–Trinajstić information content (AvgIpc) is 2.79. The molecule has 0 saturated heterocycles. The minimum absolute atomic E-state index is 0.0684. The van der Waals surface area contributed by atoms with Crippen molar-refractivity contribution in [1.29, 1.82) is 0 Å². The molecule has 0 saturated carbocycles. The van der Waals surface area contributed by atoms with Gasteiger partial charge >= 0.3 is 0 Å². The van der Waals surface area contributed by atoms with Crippen LogP contribution >= 0.6 is 11.6 Å². The highest BCUT2D eigenvalue weighted by Crippen LogP contribution is 2.24. The lowest BCUT2D eigenvalue weighted by atomic mass is 10.2. The van der Waals surface area contributed by atoms with Crippen LogP contribution in [-0.2, 0) is 6.61 Å². The smallest absolute Gasteiger partial charge is 0.144 e. The zero-order valence-corrected chi connectivity index (χ0v) is 10.3. The third-order valence-corrected chi connectivity index (χ3v) is 3.13. The molecule has 0 bridgehead atoms. The van der Waals surface area contributed by atoms with Crippen molar-refractivity contribution in [3.8, 4) is 11.4 Å². The van der Waals surface area contributed by atoms with Gasteiger partial charge in [0.25, 0.3) is 0 Å². The van der Waals surface area contributed by atoms with E-state index < -0.39 is 0 Å². The Morgan fingerprint density at radius 1 is 1.11 bits per heavy atom. The maximum absolute atomic E-state index is 9.34. The minimum atomic E-state index is -0.0684. The van der Waals surface area contributed by atoms with Gasteiger partial charge in [-0.25, -0.2) is 4.98 Å². The van der Waals surface area contributed by atoms with E-state index in [9.17, 15) is 5.11 Å². The van der Waals surface area contributed by atoms with Crippen molar-refractivity contribution < 1.29 is 5.11 Å². The van der Waals surface area contributed by atoms with Crippen molar-refractivity contribution in [2.75, 3.05) is 0 Å². The molecule has 0 atom stereocenters. The first-order chi connectivity index (χ1) is 8.79. The zero-order chi connectivity index (χ0) is 12.5. The van der Waals surface area contributed by atoms with Crippen LogP contribution in [0.4, 0.5) is 0 Å². The summed E-state index contributed by atoms with van der Waals surface area (Å²) in [6.45, 7) is -0.0684. The summed E-state index contributed by atoms with van der Waals surface area (Å²) in [4.78, 5) is 4.48. The fourth-order valence-electron chi connectivity index (χ4n) is 2.02. The molecule has 3 nitrogen and oxygen atoms in total. The molecule has 0 fully saturated rings. The Bertz CT molecular complexity index is 689. The van der Waals surface area contributed by atoms with Crippen LogP contribution in [0.25, 0.3) is 16.9 Å². The van der Waals surface area contributed by atoms with E-state index in [1.54, 1.807) is 0 Å². The van der Waals surface area contributed by atoms with Gasteiger partial charge in [-0.3, -0.25) is 4.40 Å². The van der Waals surface area contributed by atoms with Crippen LogP contribution in [0.15, 0.2) is 48.7 Å². The van der Waals surface area contributed by atoms with Crippen LogP contribution in [0.2, 0.25) is 5.02 Å². The number of benzene rings is 1. The van der Waals surface area contributed by atoms with Gasteiger partial charge in [0.15, 0.2) is 0 Å². The lowest BCUT2D eigenvalue weighted by molar-refractivity contribution is 0.279. The predicted molar refractivity (Wildman–Crippen MR) is 71.6 cm³/mol. The molecule has 4 heteroatoms. The first-order valence-corrected chi connectivity index (χ1v) is 6.00. The van der Waals surface area contributed by atoms with Crippen molar-refractivity contribution in [2.24, 2.45) is 0 Å². The van der Waals surface area contributed by atoms with Crippen molar-refractivity contribution in [2.45, 2.75) is 6.61 Å². The fraction of sp³-hybridized carbons (Fsp3) is 0.0714.